The lowest BCUT2D eigenvalue weighted by atomic mass is 9.93. The van der Waals surface area contributed by atoms with Crippen molar-refractivity contribution in [1.29, 1.82) is 0 Å². The number of rotatable bonds is 12. The third kappa shape index (κ3) is 9.13. The van der Waals surface area contributed by atoms with Crippen LogP contribution in [0.15, 0.2) is 52.1 Å². The van der Waals surface area contributed by atoms with Crippen molar-refractivity contribution in [2.45, 2.75) is 46.8 Å². The van der Waals surface area contributed by atoms with Gasteiger partial charge in [0.05, 0.1) is 24.3 Å². The Morgan fingerprint density at radius 1 is 1.23 bits per heavy atom. The second kappa shape index (κ2) is 12.0. The van der Waals surface area contributed by atoms with Crippen LogP contribution in [0, 0.1) is 5.41 Å². The maximum atomic E-state index is 11.6. The number of amides is 1. The Bertz CT molecular complexity index is 815. The van der Waals surface area contributed by atoms with Crippen molar-refractivity contribution in [1.82, 2.24) is 5.32 Å². The van der Waals surface area contributed by atoms with Crippen LogP contribution in [-0.2, 0) is 16.1 Å². The lowest BCUT2D eigenvalue weighted by Gasteiger charge is -2.19. The van der Waals surface area contributed by atoms with Crippen molar-refractivity contribution in [2.24, 2.45) is 16.1 Å². The average Bonchev–Trinajstić information content (AvgIpc) is 3.23. The van der Waals surface area contributed by atoms with Crippen LogP contribution in [0.2, 0.25) is 0 Å². The zero-order valence-corrected chi connectivity index (χ0v) is 18.8. The quantitative estimate of drug-likeness (QED) is 0.270. The SMILES string of the molecule is CC(C)Oc1ccc(NC(=NCC(C)(C)C(N)=O)NCCCOCc2ccco2)cc1. The van der Waals surface area contributed by atoms with E-state index in [0.717, 1.165) is 23.6 Å². The minimum atomic E-state index is -0.740. The van der Waals surface area contributed by atoms with Gasteiger partial charge in [0.25, 0.3) is 0 Å². The van der Waals surface area contributed by atoms with Crippen molar-refractivity contribution in [3.05, 3.63) is 48.4 Å². The van der Waals surface area contributed by atoms with Gasteiger partial charge in [0, 0.05) is 18.8 Å². The van der Waals surface area contributed by atoms with Crippen molar-refractivity contribution in [2.75, 3.05) is 25.0 Å². The number of benzene rings is 1. The summed E-state index contributed by atoms with van der Waals surface area (Å²) < 4.78 is 16.5. The van der Waals surface area contributed by atoms with E-state index in [1.807, 2.05) is 50.2 Å². The Morgan fingerprint density at radius 2 is 1.97 bits per heavy atom. The van der Waals surface area contributed by atoms with E-state index in [-0.39, 0.29) is 12.6 Å². The molecule has 0 unspecified atom stereocenters. The van der Waals surface area contributed by atoms with Crippen molar-refractivity contribution < 1.29 is 18.7 Å². The fourth-order valence-electron chi connectivity index (χ4n) is 2.47. The average molecular weight is 431 g/mol. The summed E-state index contributed by atoms with van der Waals surface area (Å²) in [5, 5.41) is 6.53. The van der Waals surface area contributed by atoms with Crippen LogP contribution in [0.4, 0.5) is 5.69 Å². The molecule has 4 N–H and O–H groups in total. The van der Waals surface area contributed by atoms with Gasteiger partial charge in [0.15, 0.2) is 5.96 Å². The molecule has 0 radical (unpaired) electrons. The molecule has 8 nitrogen and oxygen atoms in total. The molecule has 1 aromatic heterocycles. The number of carbonyl (C=O) groups excluding carboxylic acids is 1. The summed E-state index contributed by atoms with van der Waals surface area (Å²) in [7, 11) is 0. The fraction of sp³-hybridized carbons (Fsp3) is 0.478. The first-order chi connectivity index (χ1) is 14.8. The Labute approximate surface area is 184 Å². The molecule has 8 heteroatoms. The minimum absolute atomic E-state index is 0.114. The third-order valence-electron chi connectivity index (χ3n) is 4.37. The number of aliphatic imine (C=N–C) groups is 1. The van der Waals surface area contributed by atoms with Gasteiger partial charge in [0.2, 0.25) is 5.91 Å². The van der Waals surface area contributed by atoms with E-state index in [2.05, 4.69) is 15.6 Å². The van der Waals surface area contributed by atoms with Crippen LogP contribution in [0.25, 0.3) is 0 Å². The molecule has 0 fully saturated rings. The van der Waals surface area contributed by atoms with Crippen LogP contribution in [0.5, 0.6) is 5.75 Å². The van der Waals surface area contributed by atoms with Gasteiger partial charge >= 0.3 is 0 Å². The highest BCUT2D eigenvalue weighted by molar-refractivity contribution is 5.94. The number of nitrogens with two attached hydrogens (primary N) is 1. The van der Waals surface area contributed by atoms with Gasteiger partial charge in [-0.2, -0.15) is 0 Å². The zero-order valence-electron chi connectivity index (χ0n) is 18.8. The molecule has 1 amide bonds. The van der Waals surface area contributed by atoms with Gasteiger partial charge in [-0.15, -0.1) is 0 Å². The molecule has 0 bridgehead atoms. The van der Waals surface area contributed by atoms with Crippen molar-refractivity contribution in [3.63, 3.8) is 0 Å². The smallest absolute Gasteiger partial charge is 0.224 e. The lowest BCUT2D eigenvalue weighted by molar-refractivity contribution is -0.125. The Kier molecular flexibility index (Phi) is 9.40. The van der Waals surface area contributed by atoms with Crippen LogP contribution in [0.1, 0.15) is 39.9 Å². The fourth-order valence-corrected chi connectivity index (χ4v) is 2.47. The second-order valence-electron chi connectivity index (χ2n) is 8.14. The van der Waals surface area contributed by atoms with E-state index in [9.17, 15) is 4.79 Å². The molecular formula is C23H34N4O4. The number of ether oxygens (including phenoxy) is 2. The minimum Gasteiger partial charge on any atom is -0.491 e. The molecule has 0 saturated carbocycles. The zero-order chi connectivity index (χ0) is 22.7. The van der Waals surface area contributed by atoms with E-state index >= 15 is 0 Å². The van der Waals surface area contributed by atoms with Crippen LogP contribution in [0.3, 0.4) is 0 Å². The number of anilines is 1. The van der Waals surface area contributed by atoms with Gasteiger partial charge in [-0.1, -0.05) is 0 Å². The molecule has 0 spiro atoms. The molecule has 31 heavy (non-hydrogen) atoms. The molecule has 0 atom stereocenters. The van der Waals surface area contributed by atoms with E-state index in [0.29, 0.717) is 25.7 Å². The van der Waals surface area contributed by atoms with Crippen molar-refractivity contribution in [3.8, 4) is 5.75 Å². The topological polar surface area (TPSA) is 111 Å². The molecule has 0 aliphatic carbocycles. The third-order valence-corrected chi connectivity index (χ3v) is 4.37. The van der Waals surface area contributed by atoms with Gasteiger partial charge in [-0.3, -0.25) is 9.79 Å². The summed E-state index contributed by atoms with van der Waals surface area (Å²) in [6, 6.07) is 11.3. The van der Waals surface area contributed by atoms with Gasteiger partial charge in [0.1, 0.15) is 18.1 Å². The second-order valence-corrected chi connectivity index (χ2v) is 8.14. The van der Waals surface area contributed by atoms with Gasteiger partial charge in [-0.25, -0.2) is 0 Å². The maximum Gasteiger partial charge on any atom is 0.224 e. The largest absolute Gasteiger partial charge is 0.491 e. The summed E-state index contributed by atoms with van der Waals surface area (Å²) >= 11 is 0. The number of nitrogens with zero attached hydrogens (tertiary/aromatic N) is 1. The monoisotopic (exact) mass is 430 g/mol. The number of nitrogens with one attached hydrogen (secondary N) is 2. The van der Waals surface area contributed by atoms with Gasteiger partial charge < -0.3 is 30.3 Å². The first-order valence-corrected chi connectivity index (χ1v) is 10.5. The van der Waals surface area contributed by atoms with Gasteiger partial charge in [-0.05, 0) is 70.5 Å². The number of furan rings is 1. The summed E-state index contributed by atoms with van der Waals surface area (Å²) in [6.07, 6.45) is 2.52. The highest BCUT2D eigenvalue weighted by atomic mass is 16.5. The predicted octanol–water partition coefficient (Wildman–Crippen LogP) is 3.54. The van der Waals surface area contributed by atoms with Crippen molar-refractivity contribution >= 4 is 17.6 Å². The summed E-state index contributed by atoms with van der Waals surface area (Å²) in [5.74, 6) is 1.78. The molecule has 170 valence electrons. The summed E-state index contributed by atoms with van der Waals surface area (Å²) in [5.41, 5.74) is 5.59. The first kappa shape index (κ1) is 24.3. The van der Waals surface area contributed by atoms with E-state index in [1.165, 1.54) is 0 Å². The number of primary amides is 1. The molecule has 2 rings (SSSR count). The molecule has 1 heterocycles. The highest BCUT2D eigenvalue weighted by Crippen LogP contribution is 2.18. The Balaban J connectivity index is 1.90. The van der Waals surface area contributed by atoms with Crippen LogP contribution >= 0.6 is 0 Å². The molecule has 1 aromatic carbocycles. The standard InChI is InChI=1S/C23H34N4O4/c1-17(2)31-19-10-8-18(9-11-19)27-22(26-16-23(3,4)21(24)28)25-12-6-13-29-15-20-7-5-14-30-20/h5,7-11,14,17H,6,12-13,15-16H2,1-4H3,(H2,24,28)(H2,25,26,27). The molecule has 2 aromatic rings. The Hall–Kier alpha value is -3.00. The first-order valence-electron chi connectivity index (χ1n) is 10.5. The Morgan fingerprint density at radius 3 is 2.58 bits per heavy atom. The van der Waals surface area contributed by atoms with E-state index in [1.54, 1.807) is 20.1 Å². The molecule has 0 aliphatic rings. The number of hydrogen-bond donors (Lipinski definition) is 3. The molecule has 0 saturated heterocycles. The predicted molar refractivity (Wildman–Crippen MR) is 122 cm³/mol. The number of guanidine groups is 1. The normalized spacial score (nSPS) is 12.1. The lowest BCUT2D eigenvalue weighted by Crippen LogP contribution is -2.37. The highest BCUT2D eigenvalue weighted by Gasteiger charge is 2.24. The molecular weight excluding hydrogens is 396 g/mol. The number of hydrogen-bond acceptors (Lipinski definition) is 5. The van der Waals surface area contributed by atoms with Crippen LogP contribution < -0.4 is 21.1 Å². The summed E-state index contributed by atoms with van der Waals surface area (Å²) in [4.78, 5) is 16.2. The van der Waals surface area contributed by atoms with E-state index in [4.69, 9.17) is 19.6 Å². The molecule has 0 aliphatic heterocycles. The number of carbonyl (C=O) groups is 1. The summed E-state index contributed by atoms with van der Waals surface area (Å²) in [6.45, 7) is 9.46. The van der Waals surface area contributed by atoms with E-state index < -0.39 is 11.3 Å². The maximum absolute atomic E-state index is 11.6. The van der Waals surface area contributed by atoms with Crippen LogP contribution in [-0.4, -0.2) is 37.7 Å².